The molecule has 0 amide bonds. The molecule has 0 bridgehead atoms. The van der Waals surface area contributed by atoms with Gasteiger partial charge in [0.15, 0.2) is 0 Å². The van der Waals surface area contributed by atoms with E-state index in [1.54, 1.807) is 0 Å². The number of rotatable bonds is 4. The number of benzene rings is 2. The van der Waals surface area contributed by atoms with Crippen LogP contribution in [0.25, 0.3) is 0 Å². The summed E-state index contributed by atoms with van der Waals surface area (Å²) in [7, 11) is -6.17. The fourth-order valence-corrected chi connectivity index (χ4v) is 10.8. The molecule has 0 aliphatic heterocycles. The molecule has 0 N–H and O–H groups in total. The summed E-state index contributed by atoms with van der Waals surface area (Å²) in [5.74, 6) is 0. The van der Waals surface area contributed by atoms with Crippen LogP contribution >= 0.6 is 0 Å². The predicted octanol–water partition coefficient (Wildman–Crippen LogP) is 1.16. The van der Waals surface area contributed by atoms with Crippen molar-refractivity contribution in [2.24, 2.45) is 0 Å². The van der Waals surface area contributed by atoms with Gasteiger partial charge in [-0.15, -0.1) is 0 Å². The fraction of sp³-hybridized carbons (Fsp3) is 0.294. The molecular formula is C17H18F3IO3S-2. The van der Waals surface area contributed by atoms with E-state index in [0.29, 0.717) is 0 Å². The molecule has 1 atom stereocenters. The Morgan fingerprint density at radius 3 is 1.72 bits per heavy atom. The van der Waals surface area contributed by atoms with Crippen LogP contribution in [0.4, 0.5) is 11.6 Å². The fourth-order valence-electron chi connectivity index (χ4n) is 2.22. The third kappa shape index (κ3) is 3.56. The second-order valence-corrected chi connectivity index (χ2v) is 15.3. The summed E-state index contributed by atoms with van der Waals surface area (Å²) in [4.78, 5) is 0. The number of halogens is 4. The van der Waals surface area contributed by atoms with Gasteiger partial charge in [-0.2, -0.15) is 0 Å². The van der Waals surface area contributed by atoms with Gasteiger partial charge in [-0.05, 0) is 0 Å². The van der Waals surface area contributed by atoms with Crippen molar-refractivity contribution < 1.29 is 43.6 Å². The summed E-state index contributed by atoms with van der Waals surface area (Å²) < 4.78 is 72.5. The Kier molecular flexibility index (Phi) is 5.29. The van der Waals surface area contributed by atoms with Crippen LogP contribution < -0.4 is 19.0 Å². The second-order valence-electron chi connectivity index (χ2n) is 6.45. The zero-order valence-corrected chi connectivity index (χ0v) is 16.8. The molecule has 0 saturated heterocycles. The summed E-state index contributed by atoms with van der Waals surface area (Å²) in [6, 6.07) is 11.7. The molecule has 0 spiro atoms. The molecule has 3 nitrogen and oxygen atoms in total. The average molecular weight is 486 g/mol. The third-order valence-corrected chi connectivity index (χ3v) is 13.8. The van der Waals surface area contributed by atoms with Crippen LogP contribution in [0.1, 0.15) is 26.3 Å². The van der Waals surface area contributed by atoms with Crippen molar-refractivity contribution in [2.75, 3.05) is 0 Å². The maximum absolute atomic E-state index is 15.8. The van der Waals surface area contributed by atoms with Crippen molar-refractivity contribution >= 4 is 10.1 Å². The first-order valence-electron chi connectivity index (χ1n) is 7.27. The van der Waals surface area contributed by atoms with E-state index >= 15 is 2.86 Å². The summed E-state index contributed by atoms with van der Waals surface area (Å²) in [5, 5.41) is 0. The molecular weight excluding hydrogens is 468 g/mol. The minimum atomic E-state index is -6.24. The monoisotopic (exact) mass is 486 g/mol. The van der Waals surface area contributed by atoms with Crippen molar-refractivity contribution in [2.45, 2.75) is 29.4 Å². The topological polar surface area (TPSA) is 57.2 Å². The molecule has 0 heterocycles. The van der Waals surface area contributed by atoms with Crippen molar-refractivity contribution in [1.82, 2.24) is 0 Å². The third-order valence-electron chi connectivity index (χ3n) is 3.63. The van der Waals surface area contributed by atoms with Crippen LogP contribution in [0.2, 0.25) is 0 Å². The molecule has 2 aromatic carbocycles. The van der Waals surface area contributed by atoms with Gasteiger partial charge in [0.25, 0.3) is 0 Å². The van der Waals surface area contributed by atoms with Crippen LogP contribution in [0.5, 0.6) is 0 Å². The minimum absolute atomic E-state index is 0.288. The van der Waals surface area contributed by atoms with Crippen molar-refractivity contribution in [1.29, 1.82) is 0 Å². The second kappa shape index (κ2) is 6.55. The van der Waals surface area contributed by atoms with Crippen LogP contribution in [0.3, 0.4) is 0 Å². The van der Waals surface area contributed by atoms with E-state index in [1.165, 1.54) is 42.5 Å². The van der Waals surface area contributed by atoms with E-state index in [-0.39, 0.29) is 5.41 Å². The van der Waals surface area contributed by atoms with E-state index < -0.39 is 39.5 Å². The number of hydrogen-bond acceptors (Lipinski definition) is 3. The Hall–Kier alpha value is -1.13. The SMILES string of the molecule is CC(C)(C)c1ccc([I-](F)(c2ccccc2)C(F)(F)S(=O)(=O)[O-])cc1. The van der Waals surface area contributed by atoms with E-state index in [1.807, 2.05) is 20.8 Å². The van der Waals surface area contributed by atoms with E-state index in [9.17, 15) is 21.8 Å². The zero-order chi connectivity index (χ0) is 19.1. The summed E-state index contributed by atoms with van der Waals surface area (Å²) in [6.45, 7) is 5.71. The van der Waals surface area contributed by atoms with Crippen molar-refractivity contribution in [3.05, 3.63) is 67.3 Å². The Morgan fingerprint density at radius 2 is 1.32 bits per heavy atom. The molecule has 0 fully saturated rings. The Morgan fingerprint density at radius 1 is 0.880 bits per heavy atom. The maximum atomic E-state index is 15.8. The molecule has 2 rings (SSSR count). The number of hydrogen-bond donors (Lipinski definition) is 0. The molecule has 8 heteroatoms. The first kappa shape index (κ1) is 20.2. The average Bonchev–Trinajstić information content (AvgIpc) is 2.53. The van der Waals surface area contributed by atoms with E-state index in [0.717, 1.165) is 17.7 Å². The van der Waals surface area contributed by atoms with Crippen LogP contribution in [0, 0.1) is 7.14 Å². The van der Waals surface area contributed by atoms with Crippen molar-refractivity contribution in [3.8, 4) is 0 Å². The van der Waals surface area contributed by atoms with Gasteiger partial charge >= 0.3 is 150 Å². The zero-order valence-electron chi connectivity index (χ0n) is 13.8. The Balaban J connectivity index is 2.73. The Labute approximate surface area is 150 Å². The van der Waals surface area contributed by atoms with Crippen molar-refractivity contribution in [3.63, 3.8) is 0 Å². The van der Waals surface area contributed by atoms with Gasteiger partial charge < -0.3 is 0 Å². The van der Waals surface area contributed by atoms with Gasteiger partial charge in [0, 0.05) is 0 Å². The standard InChI is InChI=1S/C17H19F3IO3S/c1-16(2,3)13-9-11-15(12-10-13)21(20,14-7-5-4-6-8-14)17(18,19)25(22,23)24/h4-12H,1-3H3,(H,22,23,24)/q-1/p-1. The van der Waals surface area contributed by atoms with E-state index in [4.69, 9.17) is 0 Å². The first-order chi connectivity index (χ1) is 11.3. The van der Waals surface area contributed by atoms with Gasteiger partial charge in [0.1, 0.15) is 0 Å². The van der Waals surface area contributed by atoms with Gasteiger partial charge in [-0.3, -0.25) is 0 Å². The van der Waals surface area contributed by atoms with E-state index in [2.05, 4.69) is 0 Å². The molecule has 0 aromatic heterocycles. The first-order valence-corrected chi connectivity index (χ1v) is 12.7. The molecule has 0 aliphatic carbocycles. The Bertz CT molecular complexity index is 847. The molecule has 0 aliphatic rings. The molecule has 0 saturated carbocycles. The summed E-state index contributed by atoms with van der Waals surface area (Å²) >= 11 is -6.24. The van der Waals surface area contributed by atoms with Crippen LogP contribution in [-0.2, 0) is 15.5 Å². The van der Waals surface area contributed by atoms with Gasteiger partial charge in [0.2, 0.25) is 0 Å². The molecule has 25 heavy (non-hydrogen) atoms. The van der Waals surface area contributed by atoms with Gasteiger partial charge in [-0.1, -0.05) is 0 Å². The molecule has 2 aromatic rings. The van der Waals surface area contributed by atoms with Crippen LogP contribution in [-0.4, -0.2) is 16.2 Å². The summed E-state index contributed by atoms with van der Waals surface area (Å²) in [6.07, 6.45) is 0. The van der Waals surface area contributed by atoms with Gasteiger partial charge in [0.05, 0.1) is 0 Å². The quantitative estimate of drug-likeness (QED) is 0.371. The molecule has 0 radical (unpaired) electrons. The van der Waals surface area contributed by atoms with Crippen LogP contribution in [0.15, 0.2) is 54.6 Å². The predicted molar refractivity (Wildman–Crippen MR) is 84.7 cm³/mol. The molecule has 140 valence electrons. The normalized spacial score (nSPS) is 16.9. The van der Waals surface area contributed by atoms with Gasteiger partial charge in [-0.25, -0.2) is 0 Å². The summed E-state index contributed by atoms with van der Waals surface area (Å²) in [5.41, 5.74) is 0.491. The number of alkyl halides is 3. The molecule has 1 unspecified atom stereocenters.